The van der Waals surface area contributed by atoms with Crippen LogP contribution in [0.2, 0.25) is 0 Å². The Kier molecular flexibility index (Phi) is 7.40. The van der Waals surface area contributed by atoms with E-state index in [1.54, 1.807) is 0 Å². The number of carbonyl (C=O) groups excluding carboxylic acids is 1. The van der Waals surface area contributed by atoms with Gasteiger partial charge in [0.25, 0.3) is 0 Å². The van der Waals surface area contributed by atoms with Crippen LogP contribution in [-0.4, -0.2) is 29.7 Å². The van der Waals surface area contributed by atoms with Gasteiger partial charge in [-0.25, -0.2) is 4.79 Å². The van der Waals surface area contributed by atoms with E-state index in [-0.39, 0.29) is 18.5 Å². The summed E-state index contributed by atoms with van der Waals surface area (Å²) in [4.78, 5) is 21.4. The molecule has 0 saturated carbocycles. The molecule has 5 heteroatoms. The van der Waals surface area contributed by atoms with Crippen molar-refractivity contribution in [1.82, 2.24) is 10.6 Å². The minimum Gasteiger partial charge on any atom is -0.481 e. The van der Waals surface area contributed by atoms with E-state index in [0.717, 1.165) is 6.42 Å². The number of carbonyl (C=O) groups is 2. The minimum atomic E-state index is -0.793. The van der Waals surface area contributed by atoms with Gasteiger partial charge in [-0.05, 0) is 26.2 Å². The average molecular weight is 216 g/mol. The van der Waals surface area contributed by atoms with Crippen LogP contribution in [-0.2, 0) is 4.79 Å². The third kappa shape index (κ3) is 9.05. The molecule has 0 aromatic rings. The van der Waals surface area contributed by atoms with Crippen LogP contribution in [0.1, 0.15) is 39.5 Å². The van der Waals surface area contributed by atoms with Crippen molar-refractivity contribution < 1.29 is 14.7 Å². The van der Waals surface area contributed by atoms with Gasteiger partial charge in [-0.15, -0.1) is 0 Å². The van der Waals surface area contributed by atoms with E-state index in [9.17, 15) is 9.59 Å². The summed E-state index contributed by atoms with van der Waals surface area (Å²) in [5, 5.41) is 13.8. The number of carboxylic acids is 1. The minimum absolute atomic E-state index is 0.161. The number of urea groups is 1. The number of carboxylic acid groups (broad SMARTS) is 1. The molecule has 0 aliphatic rings. The second-order valence-corrected chi connectivity index (χ2v) is 3.56. The zero-order chi connectivity index (χ0) is 11.7. The largest absolute Gasteiger partial charge is 0.481 e. The highest BCUT2D eigenvalue weighted by molar-refractivity contribution is 5.74. The first-order chi connectivity index (χ1) is 7.06. The lowest BCUT2D eigenvalue weighted by Gasteiger charge is -2.12. The molecule has 15 heavy (non-hydrogen) atoms. The molecule has 2 amide bonds. The van der Waals surface area contributed by atoms with Crippen LogP contribution in [0.15, 0.2) is 0 Å². The first-order valence-corrected chi connectivity index (χ1v) is 5.32. The maximum Gasteiger partial charge on any atom is 0.314 e. The van der Waals surface area contributed by atoms with Gasteiger partial charge in [-0.2, -0.15) is 0 Å². The van der Waals surface area contributed by atoms with E-state index in [1.165, 1.54) is 0 Å². The molecule has 0 heterocycles. The Hall–Kier alpha value is -1.26. The monoisotopic (exact) mass is 216 g/mol. The molecule has 0 spiro atoms. The van der Waals surface area contributed by atoms with Crippen molar-refractivity contribution in [2.24, 2.45) is 0 Å². The van der Waals surface area contributed by atoms with Gasteiger partial charge in [-0.1, -0.05) is 6.92 Å². The number of nitrogens with one attached hydrogen (secondary N) is 2. The van der Waals surface area contributed by atoms with Gasteiger partial charge in [0.15, 0.2) is 0 Å². The first kappa shape index (κ1) is 13.7. The molecule has 1 unspecified atom stereocenters. The van der Waals surface area contributed by atoms with Gasteiger partial charge in [0.2, 0.25) is 0 Å². The van der Waals surface area contributed by atoms with Crippen LogP contribution >= 0.6 is 0 Å². The Labute approximate surface area is 90.2 Å². The third-order valence-electron chi connectivity index (χ3n) is 2.09. The number of rotatable bonds is 7. The van der Waals surface area contributed by atoms with Gasteiger partial charge < -0.3 is 15.7 Å². The molecule has 3 N–H and O–H groups in total. The lowest BCUT2D eigenvalue weighted by Crippen LogP contribution is -2.40. The van der Waals surface area contributed by atoms with Gasteiger partial charge in [0.1, 0.15) is 0 Å². The van der Waals surface area contributed by atoms with Crippen molar-refractivity contribution in [3.05, 3.63) is 0 Å². The van der Waals surface area contributed by atoms with Crippen molar-refractivity contribution >= 4 is 12.0 Å². The SMILES string of the molecule is CCC(C)NC(=O)NCCCCC(=O)O. The quantitative estimate of drug-likeness (QED) is 0.562. The van der Waals surface area contributed by atoms with E-state index < -0.39 is 5.97 Å². The highest BCUT2D eigenvalue weighted by Crippen LogP contribution is 1.93. The van der Waals surface area contributed by atoms with Crippen LogP contribution in [0.4, 0.5) is 4.79 Å². The van der Waals surface area contributed by atoms with Crippen molar-refractivity contribution in [1.29, 1.82) is 0 Å². The van der Waals surface area contributed by atoms with Gasteiger partial charge in [0, 0.05) is 19.0 Å². The summed E-state index contributed by atoms with van der Waals surface area (Å²) in [6.45, 7) is 4.46. The fraction of sp³-hybridized carbons (Fsp3) is 0.800. The highest BCUT2D eigenvalue weighted by Gasteiger charge is 2.03. The fourth-order valence-electron chi connectivity index (χ4n) is 0.980. The Bertz CT molecular complexity index is 207. The molecule has 0 aromatic heterocycles. The van der Waals surface area contributed by atoms with Gasteiger partial charge in [0.05, 0.1) is 0 Å². The molecule has 0 aliphatic heterocycles. The van der Waals surface area contributed by atoms with Crippen LogP contribution in [0.5, 0.6) is 0 Å². The smallest absolute Gasteiger partial charge is 0.314 e. The molecule has 0 aliphatic carbocycles. The molecule has 1 atom stereocenters. The molecule has 5 nitrogen and oxygen atoms in total. The number of amides is 2. The molecule has 0 fully saturated rings. The van der Waals surface area contributed by atoms with E-state index in [1.807, 2.05) is 13.8 Å². The Balaban J connectivity index is 3.35. The molecule has 0 rings (SSSR count). The average Bonchev–Trinajstić information content (AvgIpc) is 2.16. The van der Waals surface area contributed by atoms with E-state index in [2.05, 4.69) is 10.6 Å². The van der Waals surface area contributed by atoms with Gasteiger partial charge >= 0.3 is 12.0 Å². The van der Waals surface area contributed by atoms with E-state index in [4.69, 9.17) is 5.11 Å². The summed E-state index contributed by atoms with van der Waals surface area (Å²) in [7, 11) is 0. The van der Waals surface area contributed by atoms with E-state index >= 15 is 0 Å². The lowest BCUT2D eigenvalue weighted by atomic mass is 10.2. The van der Waals surface area contributed by atoms with Crippen molar-refractivity contribution in [3.63, 3.8) is 0 Å². The summed E-state index contributed by atoms with van der Waals surface area (Å²) in [5.41, 5.74) is 0. The van der Waals surface area contributed by atoms with Crippen molar-refractivity contribution in [3.8, 4) is 0 Å². The highest BCUT2D eigenvalue weighted by atomic mass is 16.4. The van der Waals surface area contributed by atoms with E-state index in [0.29, 0.717) is 19.4 Å². The van der Waals surface area contributed by atoms with Crippen molar-refractivity contribution in [2.45, 2.75) is 45.6 Å². The van der Waals surface area contributed by atoms with Crippen LogP contribution in [0.25, 0.3) is 0 Å². The molecular formula is C10H20N2O3. The normalized spacial score (nSPS) is 11.9. The Morgan fingerprint density at radius 2 is 2.00 bits per heavy atom. The zero-order valence-electron chi connectivity index (χ0n) is 9.38. The maximum absolute atomic E-state index is 11.2. The molecule has 88 valence electrons. The Morgan fingerprint density at radius 3 is 2.53 bits per heavy atom. The van der Waals surface area contributed by atoms with Crippen LogP contribution in [0, 0.1) is 0 Å². The standard InChI is InChI=1S/C10H20N2O3/c1-3-8(2)12-10(15)11-7-5-4-6-9(13)14/h8H,3-7H2,1-2H3,(H,13,14)(H2,11,12,15). The number of hydrogen-bond acceptors (Lipinski definition) is 2. The second-order valence-electron chi connectivity index (χ2n) is 3.56. The molecule has 0 bridgehead atoms. The maximum atomic E-state index is 11.2. The number of unbranched alkanes of at least 4 members (excludes halogenated alkanes) is 1. The molecule has 0 saturated heterocycles. The third-order valence-corrected chi connectivity index (χ3v) is 2.09. The molecular weight excluding hydrogens is 196 g/mol. The predicted molar refractivity (Wildman–Crippen MR) is 57.8 cm³/mol. The predicted octanol–water partition coefficient (Wildman–Crippen LogP) is 1.34. The number of hydrogen-bond donors (Lipinski definition) is 3. The zero-order valence-corrected chi connectivity index (χ0v) is 9.38. The lowest BCUT2D eigenvalue weighted by molar-refractivity contribution is -0.137. The van der Waals surface area contributed by atoms with Crippen LogP contribution in [0.3, 0.4) is 0 Å². The summed E-state index contributed by atoms with van der Waals surface area (Å²) in [5.74, 6) is -0.793. The Morgan fingerprint density at radius 1 is 1.33 bits per heavy atom. The van der Waals surface area contributed by atoms with Crippen LogP contribution < -0.4 is 10.6 Å². The second kappa shape index (κ2) is 8.08. The molecule has 0 aromatic carbocycles. The fourth-order valence-corrected chi connectivity index (χ4v) is 0.980. The van der Waals surface area contributed by atoms with Gasteiger partial charge in [-0.3, -0.25) is 4.79 Å². The topological polar surface area (TPSA) is 78.4 Å². The summed E-state index contributed by atoms with van der Waals surface area (Å²) in [6, 6.07) is -0.0105. The molecule has 0 radical (unpaired) electrons. The van der Waals surface area contributed by atoms with Crippen molar-refractivity contribution in [2.75, 3.05) is 6.54 Å². The summed E-state index contributed by atoms with van der Waals surface area (Å²) in [6.07, 6.45) is 2.35. The first-order valence-electron chi connectivity index (χ1n) is 5.32. The summed E-state index contributed by atoms with van der Waals surface area (Å²) < 4.78 is 0. The number of aliphatic carboxylic acids is 1. The summed E-state index contributed by atoms with van der Waals surface area (Å²) >= 11 is 0.